The van der Waals surface area contributed by atoms with Crippen LogP contribution in [0.3, 0.4) is 0 Å². The second-order valence-corrected chi connectivity index (χ2v) is 9.02. The fourth-order valence-electron chi connectivity index (χ4n) is 4.49. The van der Waals surface area contributed by atoms with Gasteiger partial charge in [0, 0.05) is 23.7 Å². The standard InChI is InChI=1S/C26H21ClF2N4O/c1-13-10-32-22(17-4-3-5-21(30)25(17)29)9-23(13)33-14(2)6-20(24(27)26(33)34)19-8-18(19)15-7-16(28)12-31-11-15/h3-7,9-12,18-19H,8,30H2,1-2H3/t18-,19+/m1/s1. The van der Waals surface area contributed by atoms with Crippen molar-refractivity contribution in [3.05, 3.63) is 104 Å². The Kier molecular flexibility index (Phi) is 5.44. The molecular weight excluding hydrogens is 458 g/mol. The largest absolute Gasteiger partial charge is 0.396 e. The zero-order chi connectivity index (χ0) is 24.1. The zero-order valence-electron chi connectivity index (χ0n) is 18.5. The first-order valence-corrected chi connectivity index (χ1v) is 11.2. The minimum atomic E-state index is -0.561. The number of hydrogen-bond acceptors (Lipinski definition) is 4. The minimum absolute atomic E-state index is 0.0210. The fourth-order valence-corrected chi connectivity index (χ4v) is 4.77. The Labute approximate surface area is 199 Å². The van der Waals surface area contributed by atoms with Crippen LogP contribution >= 0.6 is 11.6 Å². The molecule has 1 fully saturated rings. The Hall–Kier alpha value is -3.58. The van der Waals surface area contributed by atoms with E-state index in [1.807, 2.05) is 19.9 Å². The van der Waals surface area contributed by atoms with Crippen molar-refractivity contribution >= 4 is 17.3 Å². The molecule has 8 heteroatoms. The first-order chi connectivity index (χ1) is 16.3. The molecule has 1 aliphatic rings. The highest BCUT2D eigenvalue weighted by molar-refractivity contribution is 6.31. The van der Waals surface area contributed by atoms with Crippen molar-refractivity contribution in [3.63, 3.8) is 0 Å². The first-order valence-electron chi connectivity index (χ1n) is 10.8. The lowest BCUT2D eigenvalue weighted by molar-refractivity contribution is 0.618. The van der Waals surface area contributed by atoms with Gasteiger partial charge in [-0.1, -0.05) is 17.7 Å². The van der Waals surface area contributed by atoms with E-state index in [-0.39, 0.29) is 39.5 Å². The molecule has 0 amide bonds. The summed E-state index contributed by atoms with van der Waals surface area (Å²) in [6.07, 6.45) is 5.17. The van der Waals surface area contributed by atoms with Crippen LogP contribution in [0.5, 0.6) is 0 Å². The Bertz CT molecular complexity index is 1500. The summed E-state index contributed by atoms with van der Waals surface area (Å²) in [7, 11) is 0. The molecule has 1 saturated carbocycles. The molecule has 1 aromatic carbocycles. The van der Waals surface area contributed by atoms with E-state index in [2.05, 4.69) is 9.97 Å². The van der Waals surface area contributed by atoms with Crippen LogP contribution in [0, 0.1) is 25.5 Å². The third kappa shape index (κ3) is 3.76. The first kappa shape index (κ1) is 22.2. The maximum atomic E-state index is 14.6. The molecule has 0 unspecified atom stereocenters. The molecule has 34 heavy (non-hydrogen) atoms. The van der Waals surface area contributed by atoms with Crippen LogP contribution in [-0.4, -0.2) is 14.5 Å². The van der Waals surface area contributed by atoms with E-state index < -0.39 is 5.82 Å². The summed E-state index contributed by atoms with van der Waals surface area (Å²) in [5.74, 6) is -0.862. The van der Waals surface area contributed by atoms with Crippen molar-refractivity contribution in [1.82, 2.24) is 14.5 Å². The molecule has 2 N–H and O–H groups in total. The molecule has 5 rings (SSSR count). The summed E-state index contributed by atoms with van der Waals surface area (Å²) in [5, 5.41) is 0.121. The van der Waals surface area contributed by atoms with E-state index in [0.29, 0.717) is 17.1 Å². The van der Waals surface area contributed by atoms with Gasteiger partial charge in [0.25, 0.3) is 5.56 Å². The van der Waals surface area contributed by atoms with Crippen molar-refractivity contribution in [1.29, 1.82) is 0 Å². The maximum Gasteiger partial charge on any atom is 0.274 e. The molecule has 0 bridgehead atoms. The van der Waals surface area contributed by atoms with Crippen molar-refractivity contribution in [2.24, 2.45) is 0 Å². The second kappa shape index (κ2) is 8.33. The van der Waals surface area contributed by atoms with E-state index in [4.69, 9.17) is 17.3 Å². The van der Waals surface area contributed by atoms with Crippen LogP contribution < -0.4 is 11.3 Å². The molecule has 5 nitrogen and oxygen atoms in total. The number of nitrogens with zero attached hydrogens (tertiary/aromatic N) is 3. The quantitative estimate of drug-likeness (QED) is 0.382. The average Bonchev–Trinajstić information content (AvgIpc) is 3.60. The minimum Gasteiger partial charge on any atom is -0.396 e. The molecule has 172 valence electrons. The van der Waals surface area contributed by atoms with Gasteiger partial charge in [0.2, 0.25) is 0 Å². The van der Waals surface area contributed by atoms with Crippen LogP contribution in [0.25, 0.3) is 16.9 Å². The van der Waals surface area contributed by atoms with Crippen LogP contribution in [0.15, 0.2) is 59.8 Å². The predicted octanol–water partition coefficient (Wildman–Crippen LogP) is 5.70. The van der Waals surface area contributed by atoms with Crippen molar-refractivity contribution in [2.45, 2.75) is 32.1 Å². The van der Waals surface area contributed by atoms with Crippen molar-refractivity contribution < 1.29 is 8.78 Å². The number of aryl methyl sites for hydroxylation is 2. The number of benzene rings is 1. The predicted molar refractivity (Wildman–Crippen MR) is 128 cm³/mol. The van der Waals surface area contributed by atoms with Crippen molar-refractivity contribution in [3.8, 4) is 16.9 Å². The van der Waals surface area contributed by atoms with E-state index in [1.165, 1.54) is 22.9 Å². The second-order valence-electron chi connectivity index (χ2n) is 8.65. The van der Waals surface area contributed by atoms with E-state index in [9.17, 15) is 13.6 Å². The number of aromatic nitrogens is 3. The summed E-state index contributed by atoms with van der Waals surface area (Å²) < 4.78 is 29.7. The highest BCUT2D eigenvalue weighted by Gasteiger charge is 2.42. The highest BCUT2D eigenvalue weighted by Crippen LogP contribution is 2.55. The molecule has 3 aromatic heterocycles. The van der Waals surface area contributed by atoms with Gasteiger partial charge in [0.05, 0.1) is 23.3 Å². The third-order valence-electron chi connectivity index (χ3n) is 6.33. The molecule has 1 aliphatic carbocycles. The van der Waals surface area contributed by atoms with Gasteiger partial charge in [-0.25, -0.2) is 8.78 Å². The van der Waals surface area contributed by atoms with Crippen LogP contribution in [0.1, 0.15) is 40.6 Å². The lowest BCUT2D eigenvalue weighted by Crippen LogP contribution is -2.23. The molecule has 0 aliphatic heterocycles. The number of hydrogen-bond donors (Lipinski definition) is 1. The molecule has 0 saturated heterocycles. The van der Waals surface area contributed by atoms with Gasteiger partial charge >= 0.3 is 0 Å². The number of nitrogens with two attached hydrogens (primary N) is 1. The Morgan fingerprint density at radius 1 is 1.09 bits per heavy atom. The lowest BCUT2D eigenvalue weighted by Gasteiger charge is -2.17. The van der Waals surface area contributed by atoms with Gasteiger partial charge in [-0.3, -0.25) is 19.3 Å². The molecule has 4 aromatic rings. The average molecular weight is 479 g/mol. The van der Waals surface area contributed by atoms with Crippen LogP contribution in [0.2, 0.25) is 5.02 Å². The van der Waals surface area contributed by atoms with Gasteiger partial charge in [0.15, 0.2) is 5.82 Å². The number of anilines is 1. The highest BCUT2D eigenvalue weighted by atomic mass is 35.5. The van der Waals surface area contributed by atoms with Crippen LogP contribution in [0.4, 0.5) is 14.5 Å². The normalized spacial score (nSPS) is 17.1. The number of pyridine rings is 3. The molecule has 0 spiro atoms. The van der Waals surface area contributed by atoms with Gasteiger partial charge < -0.3 is 5.73 Å². The summed E-state index contributed by atoms with van der Waals surface area (Å²) in [6, 6.07) is 9.74. The smallest absolute Gasteiger partial charge is 0.274 e. The Balaban J connectivity index is 1.57. The summed E-state index contributed by atoms with van der Waals surface area (Å²) in [4.78, 5) is 21.7. The number of nitrogen functional groups attached to an aromatic ring is 1. The van der Waals surface area contributed by atoms with E-state index in [0.717, 1.165) is 23.1 Å². The Morgan fingerprint density at radius 2 is 1.88 bits per heavy atom. The van der Waals surface area contributed by atoms with Gasteiger partial charge in [-0.2, -0.15) is 0 Å². The maximum absolute atomic E-state index is 14.6. The monoisotopic (exact) mass is 478 g/mol. The molecule has 3 heterocycles. The summed E-state index contributed by atoms with van der Waals surface area (Å²) in [5.41, 5.74) is 9.49. The topological polar surface area (TPSA) is 73.8 Å². The van der Waals surface area contributed by atoms with Gasteiger partial charge in [0.1, 0.15) is 10.8 Å². The fraction of sp³-hybridized carbons (Fsp3) is 0.192. The molecule has 0 radical (unpaired) electrons. The SMILES string of the molecule is Cc1cnc(-c2cccc(N)c2F)cc1-n1c(C)cc([C@H]2C[C@@H]2c2cncc(F)c2)c(Cl)c1=O. The molecule has 2 atom stereocenters. The van der Waals surface area contributed by atoms with E-state index in [1.54, 1.807) is 30.6 Å². The van der Waals surface area contributed by atoms with Gasteiger partial charge in [-0.05, 0) is 79.1 Å². The Morgan fingerprint density at radius 3 is 2.65 bits per heavy atom. The molecular formula is C26H21ClF2N4O. The third-order valence-corrected chi connectivity index (χ3v) is 6.71. The number of halogens is 3. The van der Waals surface area contributed by atoms with Crippen molar-refractivity contribution in [2.75, 3.05) is 5.73 Å². The van der Waals surface area contributed by atoms with E-state index >= 15 is 0 Å². The summed E-state index contributed by atoms with van der Waals surface area (Å²) in [6.45, 7) is 3.65. The number of rotatable bonds is 4. The van der Waals surface area contributed by atoms with Gasteiger partial charge in [-0.15, -0.1) is 0 Å². The lowest BCUT2D eigenvalue weighted by atomic mass is 10.0. The van der Waals surface area contributed by atoms with Crippen LogP contribution in [-0.2, 0) is 0 Å². The zero-order valence-corrected chi connectivity index (χ0v) is 19.3. The summed E-state index contributed by atoms with van der Waals surface area (Å²) >= 11 is 6.58.